The second-order valence-electron chi connectivity index (χ2n) is 4.41. The molecule has 0 aliphatic carbocycles. The van der Waals surface area contributed by atoms with Gasteiger partial charge >= 0.3 is 0 Å². The quantitative estimate of drug-likeness (QED) is 0.689. The van der Waals surface area contributed by atoms with Crippen LogP contribution in [0.1, 0.15) is 31.2 Å². The van der Waals surface area contributed by atoms with Gasteiger partial charge < -0.3 is 0 Å². The van der Waals surface area contributed by atoms with Crippen molar-refractivity contribution in [2.75, 3.05) is 0 Å². The first-order valence-corrected chi connectivity index (χ1v) is 7.18. The van der Waals surface area contributed by atoms with Crippen LogP contribution in [0.5, 0.6) is 0 Å². The van der Waals surface area contributed by atoms with Gasteiger partial charge in [0.25, 0.3) is 0 Å². The smallest absolute Gasteiger partial charge is 0.195 e. The topological polar surface area (TPSA) is 35.1 Å². The van der Waals surface area contributed by atoms with E-state index in [0.717, 1.165) is 22.2 Å². The molecule has 94 valence electrons. The summed E-state index contributed by atoms with van der Waals surface area (Å²) in [5.41, 5.74) is 2.04. The fourth-order valence-electron chi connectivity index (χ4n) is 1.89. The minimum atomic E-state index is 0.412. The van der Waals surface area contributed by atoms with Crippen molar-refractivity contribution in [3.63, 3.8) is 0 Å². The largest absolute Gasteiger partial charge is 0.291 e. The van der Waals surface area contributed by atoms with Crippen molar-refractivity contribution in [1.29, 1.82) is 0 Å². The summed E-state index contributed by atoms with van der Waals surface area (Å²) in [6.07, 6.45) is 3.93. The zero-order valence-corrected chi connectivity index (χ0v) is 11.7. The van der Waals surface area contributed by atoms with Gasteiger partial charge in [0.05, 0.1) is 17.3 Å². The number of aromatic nitrogens is 4. The standard InChI is InChI=1S/C12H13ClN4S/c1-8(2)9-3-4-17(15-9)11-10(7-13)16-5-6-18-12(16)14-11/h3-6,8H,7H2,1-2H3. The van der Waals surface area contributed by atoms with Crippen molar-refractivity contribution in [2.24, 2.45) is 0 Å². The first kappa shape index (κ1) is 11.7. The van der Waals surface area contributed by atoms with E-state index >= 15 is 0 Å². The molecule has 0 saturated carbocycles. The fourth-order valence-corrected chi connectivity index (χ4v) is 2.87. The number of halogens is 1. The van der Waals surface area contributed by atoms with Crippen LogP contribution in [0, 0.1) is 0 Å². The van der Waals surface area contributed by atoms with Crippen LogP contribution in [-0.2, 0) is 5.88 Å². The Morgan fingerprint density at radius 3 is 2.89 bits per heavy atom. The van der Waals surface area contributed by atoms with Gasteiger partial charge in [-0.05, 0) is 12.0 Å². The second-order valence-corrected chi connectivity index (χ2v) is 5.55. The first-order valence-electron chi connectivity index (χ1n) is 5.77. The lowest BCUT2D eigenvalue weighted by atomic mass is 10.1. The number of thiazole rings is 1. The molecular weight excluding hydrogens is 268 g/mol. The highest BCUT2D eigenvalue weighted by atomic mass is 35.5. The van der Waals surface area contributed by atoms with E-state index in [1.54, 1.807) is 11.3 Å². The number of nitrogens with zero attached hydrogens (tertiary/aromatic N) is 4. The van der Waals surface area contributed by atoms with Crippen LogP contribution >= 0.6 is 22.9 Å². The van der Waals surface area contributed by atoms with Crippen molar-refractivity contribution in [3.05, 3.63) is 35.2 Å². The van der Waals surface area contributed by atoms with Crippen LogP contribution in [0.4, 0.5) is 0 Å². The molecular formula is C12H13ClN4S. The number of imidazole rings is 1. The molecule has 0 aliphatic heterocycles. The van der Waals surface area contributed by atoms with Gasteiger partial charge in [-0.3, -0.25) is 4.40 Å². The zero-order valence-electron chi connectivity index (χ0n) is 10.2. The molecule has 4 nitrogen and oxygen atoms in total. The Morgan fingerprint density at radius 1 is 1.39 bits per heavy atom. The molecule has 0 spiro atoms. The van der Waals surface area contributed by atoms with Gasteiger partial charge in [-0.25, -0.2) is 4.68 Å². The van der Waals surface area contributed by atoms with Gasteiger partial charge in [-0.1, -0.05) is 13.8 Å². The zero-order chi connectivity index (χ0) is 12.7. The molecule has 0 fully saturated rings. The van der Waals surface area contributed by atoms with Crippen LogP contribution in [-0.4, -0.2) is 19.2 Å². The van der Waals surface area contributed by atoms with Crippen molar-refractivity contribution in [1.82, 2.24) is 19.2 Å². The summed E-state index contributed by atoms with van der Waals surface area (Å²) in [5, 5.41) is 6.56. The van der Waals surface area contributed by atoms with E-state index in [1.807, 2.05) is 32.9 Å². The van der Waals surface area contributed by atoms with Gasteiger partial charge in [-0.2, -0.15) is 10.1 Å². The Bertz CT molecular complexity index is 679. The lowest BCUT2D eigenvalue weighted by molar-refractivity contribution is 0.756. The molecule has 0 aliphatic rings. The third kappa shape index (κ3) is 1.74. The molecule has 0 amide bonds. The monoisotopic (exact) mass is 280 g/mol. The molecule has 3 heterocycles. The summed E-state index contributed by atoms with van der Waals surface area (Å²) in [6, 6.07) is 2.02. The van der Waals surface area contributed by atoms with E-state index in [1.165, 1.54) is 0 Å². The number of rotatable bonds is 3. The van der Waals surface area contributed by atoms with E-state index in [0.29, 0.717) is 11.8 Å². The van der Waals surface area contributed by atoms with Crippen molar-refractivity contribution in [2.45, 2.75) is 25.6 Å². The van der Waals surface area contributed by atoms with Crippen molar-refractivity contribution < 1.29 is 0 Å². The van der Waals surface area contributed by atoms with Crippen LogP contribution in [0.2, 0.25) is 0 Å². The molecule has 0 N–H and O–H groups in total. The van der Waals surface area contributed by atoms with Gasteiger partial charge in [-0.15, -0.1) is 22.9 Å². The van der Waals surface area contributed by atoms with Crippen molar-refractivity contribution in [3.8, 4) is 5.82 Å². The average molecular weight is 281 g/mol. The molecule has 3 rings (SSSR count). The fraction of sp³-hybridized carbons (Fsp3) is 0.333. The molecule has 3 aromatic rings. The lowest BCUT2D eigenvalue weighted by Gasteiger charge is -2.01. The van der Waals surface area contributed by atoms with Gasteiger partial charge in [0.1, 0.15) is 0 Å². The molecule has 0 radical (unpaired) electrons. The molecule has 0 atom stereocenters. The first-order chi connectivity index (χ1) is 8.70. The Kier molecular flexibility index (Phi) is 2.87. The van der Waals surface area contributed by atoms with Crippen LogP contribution in [0.3, 0.4) is 0 Å². The average Bonchev–Trinajstić information content (AvgIpc) is 3.02. The summed E-state index contributed by atoms with van der Waals surface area (Å²) in [7, 11) is 0. The summed E-state index contributed by atoms with van der Waals surface area (Å²) in [5.74, 6) is 1.66. The van der Waals surface area contributed by atoms with Crippen LogP contribution in [0.15, 0.2) is 23.8 Å². The minimum Gasteiger partial charge on any atom is -0.291 e. The van der Waals surface area contributed by atoms with Gasteiger partial charge in [0.2, 0.25) is 0 Å². The summed E-state index contributed by atoms with van der Waals surface area (Å²) < 4.78 is 3.83. The number of alkyl halides is 1. The van der Waals surface area contributed by atoms with E-state index < -0.39 is 0 Å². The Hall–Kier alpha value is -1.33. The van der Waals surface area contributed by atoms with E-state index in [4.69, 9.17) is 11.6 Å². The highest BCUT2D eigenvalue weighted by Crippen LogP contribution is 2.22. The second kappa shape index (κ2) is 4.40. The number of fused-ring (bicyclic) bond motifs is 1. The van der Waals surface area contributed by atoms with Crippen LogP contribution in [0.25, 0.3) is 10.8 Å². The molecule has 6 heteroatoms. The maximum atomic E-state index is 6.03. The number of hydrogen-bond acceptors (Lipinski definition) is 3. The molecule has 3 aromatic heterocycles. The highest BCUT2D eigenvalue weighted by Gasteiger charge is 2.15. The molecule has 0 bridgehead atoms. The molecule has 18 heavy (non-hydrogen) atoms. The maximum absolute atomic E-state index is 6.03. The predicted molar refractivity (Wildman–Crippen MR) is 73.8 cm³/mol. The third-order valence-corrected chi connectivity index (χ3v) is 3.89. The van der Waals surface area contributed by atoms with Gasteiger partial charge in [0.15, 0.2) is 10.8 Å². The molecule has 0 saturated heterocycles. The van der Waals surface area contributed by atoms with E-state index in [9.17, 15) is 0 Å². The van der Waals surface area contributed by atoms with Crippen LogP contribution < -0.4 is 0 Å². The lowest BCUT2D eigenvalue weighted by Crippen LogP contribution is -2.01. The Labute approximate surface area is 114 Å². The van der Waals surface area contributed by atoms with Crippen molar-refractivity contribution >= 4 is 27.9 Å². The highest BCUT2D eigenvalue weighted by molar-refractivity contribution is 7.15. The SMILES string of the molecule is CC(C)c1ccn(-c2nc3sccn3c2CCl)n1. The predicted octanol–water partition coefficient (Wildman–Crippen LogP) is 3.44. The summed E-state index contributed by atoms with van der Waals surface area (Å²) in [6.45, 7) is 4.25. The third-order valence-electron chi connectivity index (χ3n) is 2.88. The molecule has 0 unspecified atom stereocenters. The molecule has 0 aromatic carbocycles. The van der Waals surface area contributed by atoms with E-state index in [2.05, 4.69) is 23.9 Å². The number of hydrogen-bond donors (Lipinski definition) is 0. The Morgan fingerprint density at radius 2 is 2.22 bits per heavy atom. The Balaban J connectivity index is 2.14. The normalized spacial score (nSPS) is 11.8. The van der Waals surface area contributed by atoms with Gasteiger partial charge in [0, 0.05) is 17.8 Å². The minimum absolute atomic E-state index is 0.412. The maximum Gasteiger partial charge on any atom is 0.195 e. The summed E-state index contributed by atoms with van der Waals surface area (Å²) >= 11 is 7.63. The summed E-state index contributed by atoms with van der Waals surface area (Å²) in [4.78, 5) is 5.53. The van der Waals surface area contributed by atoms with E-state index in [-0.39, 0.29) is 0 Å².